The zero-order chi connectivity index (χ0) is 66.2. The number of allylic oxidation sites excluding steroid dienone is 4. The third-order valence-electron chi connectivity index (χ3n) is 21.8. The van der Waals surface area contributed by atoms with Crippen molar-refractivity contribution in [3.63, 3.8) is 0 Å². The summed E-state index contributed by atoms with van der Waals surface area (Å²) >= 11 is -5.10. The van der Waals surface area contributed by atoms with E-state index in [0.29, 0.717) is 38.4 Å². The maximum absolute atomic E-state index is 2.67. The van der Waals surface area contributed by atoms with Gasteiger partial charge in [0.05, 0.1) is 0 Å². The first kappa shape index (κ1) is 69.9. The van der Waals surface area contributed by atoms with Crippen LogP contribution < -0.4 is 24.8 Å². The predicted molar refractivity (Wildman–Crippen MR) is 415 cm³/mol. The number of hydrogen-bond acceptors (Lipinski definition) is 0. The van der Waals surface area contributed by atoms with E-state index in [1.54, 1.807) is 44.5 Å². The van der Waals surface area contributed by atoms with E-state index in [1.165, 1.54) is 110 Å². The summed E-state index contributed by atoms with van der Waals surface area (Å²) in [5.74, 6) is 2.11. The molecule has 0 amide bonds. The molecule has 0 N–H and O–H groups in total. The van der Waals surface area contributed by atoms with E-state index in [4.69, 9.17) is 0 Å². The molecule has 0 nitrogen and oxygen atoms in total. The summed E-state index contributed by atoms with van der Waals surface area (Å²) in [6, 6.07) is 91.9. The normalized spacial score (nSPS) is 16.4. The van der Waals surface area contributed by atoms with E-state index in [-0.39, 0.29) is 24.8 Å². The van der Waals surface area contributed by atoms with Crippen LogP contribution in [0.15, 0.2) is 265 Å². The zero-order valence-corrected chi connectivity index (χ0v) is 69.5. The number of hydrogen-bond donors (Lipinski definition) is 0. The second-order valence-electron chi connectivity index (χ2n) is 29.2. The van der Waals surface area contributed by atoms with Crippen LogP contribution in [0.1, 0.15) is 115 Å². The van der Waals surface area contributed by atoms with Crippen LogP contribution in [0.3, 0.4) is 0 Å². The van der Waals surface area contributed by atoms with Gasteiger partial charge in [0, 0.05) is 0 Å². The zero-order valence-electron chi connectivity index (χ0n) is 58.8. The van der Waals surface area contributed by atoms with Gasteiger partial charge in [-0.1, -0.05) is 0 Å². The van der Waals surface area contributed by atoms with Crippen LogP contribution in [0.2, 0.25) is 26.2 Å². The van der Waals surface area contributed by atoms with E-state index < -0.39 is 51.1 Å². The molecule has 4 atom stereocenters. The first-order valence-electron chi connectivity index (χ1n) is 35.3. The Bertz CT molecular complexity index is 4660. The largest absolute Gasteiger partial charge is 1.00 e. The summed E-state index contributed by atoms with van der Waals surface area (Å²) in [5.41, 5.74) is 29.3. The minimum Gasteiger partial charge on any atom is -1.00 e. The Morgan fingerprint density at radius 3 is 0.622 bits per heavy atom. The molecule has 0 aliphatic heterocycles. The summed E-state index contributed by atoms with van der Waals surface area (Å²) in [6.45, 7) is 30.3. The van der Waals surface area contributed by atoms with Gasteiger partial charge in [0.25, 0.3) is 0 Å². The van der Waals surface area contributed by atoms with Crippen LogP contribution in [-0.4, -0.2) is 11.0 Å². The van der Waals surface area contributed by atoms with Gasteiger partial charge in [0.1, 0.15) is 0 Å². The molecular weight excluding hydrogens is 1590 g/mol. The Morgan fingerprint density at radius 1 is 0.235 bits per heavy atom. The van der Waals surface area contributed by atoms with Gasteiger partial charge in [0.2, 0.25) is 0 Å². The molecule has 12 aromatic rings. The second kappa shape index (κ2) is 29.2. The molecule has 4 aliphatic carbocycles. The number of rotatable bonds is 12. The van der Waals surface area contributed by atoms with E-state index in [2.05, 4.69) is 349 Å². The van der Waals surface area contributed by atoms with Gasteiger partial charge in [-0.25, -0.2) is 0 Å². The van der Waals surface area contributed by atoms with Gasteiger partial charge >= 0.3 is 592 Å². The third kappa shape index (κ3) is 12.4. The average Bonchev–Trinajstić information content (AvgIpc) is 1.57. The molecule has 6 heteroatoms. The van der Waals surface area contributed by atoms with Crippen molar-refractivity contribution in [3.05, 3.63) is 309 Å². The molecule has 12 aromatic carbocycles. The van der Waals surface area contributed by atoms with Crippen molar-refractivity contribution < 1.29 is 64.9 Å². The molecule has 98 heavy (non-hydrogen) atoms. The second-order valence-corrected chi connectivity index (χ2v) is 79.0. The molecule has 488 valence electrons. The van der Waals surface area contributed by atoms with Crippen molar-refractivity contribution >= 4 is 78.4 Å². The monoisotopic (exact) mass is 1680 g/mol. The van der Waals surface area contributed by atoms with Crippen molar-refractivity contribution in [2.45, 2.75) is 96.3 Å². The van der Waals surface area contributed by atoms with Gasteiger partial charge in [-0.3, -0.25) is 0 Å². The van der Waals surface area contributed by atoms with Crippen LogP contribution in [0, 0.1) is 23.7 Å². The van der Waals surface area contributed by atoms with Crippen molar-refractivity contribution in [1.29, 1.82) is 0 Å². The molecule has 0 bridgehead atoms. The SMILES string of the molecule is CC(C)C1=Cc2c(-c3cccc4ccccc34)cccc2[CH]1[Hf]([CH]1C(C(C)C)=Cc2c(-c3cccc4ccccc34)cccc21)=[Si](C)C.CC(C)C1=Cc2c(-c3cccc4ccccc34)cccc2[CH]1[Hf]([CH]1C(C(C)C)=Cc2c(-c3cccc4ccccc34)cccc21)=[Si](C)C.[Cl-].[Cl-]. The van der Waals surface area contributed by atoms with E-state index in [9.17, 15) is 0 Å². The fourth-order valence-corrected chi connectivity index (χ4v) is 77.1. The number of fused-ring (bicyclic) bond motifs is 8. The molecule has 16 rings (SSSR count). The minimum atomic E-state index is -2.55. The maximum atomic E-state index is 2.67. The molecule has 0 aromatic heterocycles. The number of benzene rings is 12. The van der Waals surface area contributed by atoms with E-state index >= 15 is 0 Å². The Kier molecular flexibility index (Phi) is 20.8. The van der Waals surface area contributed by atoms with Crippen LogP contribution in [0.5, 0.6) is 0 Å². The fraction of sp³-hybridized carbons (Fsp3) is 0.217. The van der Waals surface area contributed by atoms with Gasteiger partial charge in [0.15, 0.2) is 0 Å². The van der Waals surface area contributed by atoms with Crippen molar-refractivity contribution in [1.82, 2.24) is 0 Å². The summed E-state index contributed by atoms with van der Waals surface area (Å²) in [5, 5.41) is 10.7. The van der Waals surface area contributed by atoms with E-state index in [0.717, 1.165) is 0 Å². The topological polar surface area (TPSA) is 0 Å². The minimum absolute atomic E-state index is 0. The molecule has 4 unspecified atom stereocenters. The van der Waals surface area contributed by atoms with Crippen LogP contribution in [-0.2, 0) is 40.1 Å². The Balaban J connectivity index is 0.000000173. The van der Waals surface area contributed by atoms with Crippen LogP contribution >= 0.6 is 0 Å². The Labute approximate surface area is 611 Å². The smallest absolute Gasteiger partial charge is 1.00 e. The molecule has 0 spiro atoms. The summed E-state index contributed by atoms with van der Waals surface area (Å²) in [7, 11) is 0. The summed E-state index contributed by atoms with van der Waals surface area (Å²) in [4.78, 5) is 0. The predicted octanol–water partition coefficient (Wildman–Crippen LogP) is 20.2. The molecule has 0 fully saturated rings. The Morgan fingerprint density at radius 2 is 0.418 bits per heavy atom. The molecular formula is C92H88Cl2Hf2Si2-2. The maximum Gasteiger partial charge on any atom is -1.00 e. The molecule has 0 saturated carbocycles. The summed E-state index contributed by atoms with van der Waals surface area (Å²) in [6.07, 6.45) is 10.6. The molecule has 0 radical (unpaired) electrons. The Hall–Kier alpha value is -6.61. The van der Waals surface area contributed by atoms with Crippen LogP contribution in [0.4, 0.5) is 0 Å². The van der Waals surface area contributed by atoms with Gasteiger partial charge < -0.3 is 24.8 Å². The van der Waals surface area contributed by atoms with Gasteiger partial charge in [-0.15, -0.1) is 0 Å². The molecule has 4 aliphatic rings. The summed E-state index contributed by atoms with van der Waals surface area (Å²) < 4.78 is 2.46. The number of halogens is 2. The first-order valence-corrected chi connectivity index (χ1v) is 59.4. The third-order valence-corrected chi connectivity index (χ3v) is 76.6. The first-order chi connectivity index (χ1) is 46.7. The van der Waals surface area contributed by atoms with Gasteiger partial charge in [-0.2, -0.15) is 0 Å². The van der Waals surface area contributed by atoms with E-state index in [1.807, 2.05) is 0 Å². The quantitative estimate of drug-likeness (QED) is 0.107. The molecule has 0 heterocycles. The van der Waals surface area contributed by atoms with Crippen molar-refractivity contribution in [3.8, 4) is 44.5 Å². The van der Waals surface area contributed by atoms with Crippen LogP contribution in [0.25, 0.3) is 112 Å². The van der Waals surface area contributed by atoms with Crippen molar-refractivity contribution in [2.24, 2.45) is 23.7 Å². The van der Waals surface area contributed by atoms with Crippen molar-refractivity contribution in [2.75, 3.05) is 0 Å². The standard InChI is InChI=1S/4C22H19.2C2H6Si.2ClH.2Hf/c4*1-15(2)18-13-17-9-6-12-21(22(17)14-18)20-11-5-8-16-7-3-4-10-19(16)20;2*1-3-2;;;;/h4*3-15H,1-2H3;2*1-2H3;2*1H;;/p-2. The fourth-order valence-electron chi connectivity index (χ4n) is 17.4. The average molecular weight is 1680 g/mol. The molecule has 0 saturated heterocycles. The van der Waals surface area contributed by atoms with Gasteiger partial charge in [-0.05, 0) is 0 Å².